The summed E-state index contributed by atoms with van der Waals surface area (Å²) in [5.41, 5.74) is 10.7. The molecule has 28 heavy (non-hydrogen) atoms. The Morgan fingerprint density at radius 2 is 1.86 bits per heavy atom. The number of hydrogen-bond acceptors (Lipinski definition) is 6. The third kappa shape index (κ3) is 3.53. The van der Waals surface area contributed by atoms with E-state index < -0.39 is 0 Å². The number of nitrogen functional groups attached to an aromatic ring is 1. The molecule has 1 saturated heterocycles. The summed E-state index contributed by atoms with van der Waals surface area (Å²) >= 11 is 0. The normalized spacial score (nSPS) is 14.4. The molecule has 146 valence electrons. The second kappa shape index (κ2) is 7.52. The number of rotatable bonds is 4. The van der Waals surface area contributed by atoms with Gasteiger partial charge in [0.15, 0.2) is 0 Å². The predicted octanol–water partition coefficient (Wildman–Crippen LogP) is 2.59. The summed E-state index contributed by atoms with van der Waals surface area (Å²) in [5.74, 6) is 0.706. The van der Waals surface area contributed by atoms with Crippen molar-refractivity contribution in [2.75, 3.05) is 36.9 Å². The standard InChI is InChI=1S/C21H24N4O3/c1-14-20(15(2)28-23-14)17-11-19(22)21(26)25(13-17)12-16-3-5-18(6-4-16)24-7-9-27-10-8-24/h3-6,11,13H,7-10,12,22H2,1-2H3. The zero-order chi connectivity index (χ0) is 19.7. The van der Waals surface area contributed by atoms with E-state index in [2.05, 4.69) is 34.3 Å². The summed E-state index contributed by atoms with van der Waals surface area (Å²) in [6.07, 6.45) is 1.82. The van der Waals surface area contributed by atoms with Gasteiger partial charge >= 0.3 is 0 Å². The minimum atomic E-state index is -0.201. The molecule has 0 aliphatic carbocycles. The summed E-state index contributed by atoms with van der Waals surface area (Å²) in [6, 6.07) is 9.97. The predicted molar refractivity (Wildman–Crippen MR) is 109 cm³/mol. The number of ether oxygens (including phenoxy) is 1. The highest BCUT2D eigenvalue weighted by Crippen LogP contribution is 2.27. The Kier molecular flexibility index (Phi) is 4.92. The van der Waals surface area contributed by atoms with Crippen LogP contribution in [0.3, 0.4) is 0 Å². The van der Waals surface area contributed by atoms with Gasteiger partial charge in [-0.2, -0.15) is 0 Å². The fourth-order valence-electron chi connectivity index (χ4n) is 3.64. The van der Waals surface area contributed by atoms with Crippen LogP contribution in [0.15, 0.2) is 45.8 Å². The van der Waals surface area contributed by atoms with Gasteiger partial charge in [0, 0.05) is 36.1 Å². The van der Waals surface area contributed by atoms with E-state index in [1.807, 2.05) is 20.0 Å². The number of nitrogens with zero attached hydrogens (tertiary/aromatic N) is 3. The minimum absolute atomic E-state index is 0.201. The highest BCUT2D eigenvalue weighted by atomic mass is 16.5. The first-order chi connectivity index (χ1) is 13.5. The molecule has 4 rings (SSSR count). The van der Waals surface area contributed by atoms with Crippen molar-refractivity contribution in [1.82, 2.24) is 9.72 Å². The van der Waals surface area contributed by atoms with Gasteiger partial charge in [0.05, 0.1) is 31.1 Å². The first-order valence-corrected chi connectivity index (χ1v) is 9.38. The molecule has 0 atom stereocenters. The summed E-state index contributed by atoms with van der Waals surface area (Å²) in [5, 5.41) is 4.00. The van der Waals surface area contributed by atoms with Gasteiger partial charge in [0.1, 0.15) is 5.76 Å². The average Bonchev–Trinajstić information content (AvgIpc) is 3.05. The molecule has 0 amide bonds. The van der Waals surface area contributed by atoms with Crippen LogP contribution >= 0.6 is 0 Å². The summed E-state index contributed by atoms with van der Waals surface area (Å²) < 4.78 is 12.3. The number of anilines is 2. The Morgan fingerprint density at radius 1 is 1.14 bits per heavy atom. The molecule has 3 heterocycles. The van der Waals surface area contributed by atoms with Crippen molar-refractivity contribution in [2.45, 2.75) is 20.4 Å². The maximum atomic E-state index is 12.6. The smallest absolute Gasteiger partial charge is 0.274 e. The van der Waals surface area contributed by atoms with Crippen LogP contribution in [0.1, 0.15) is 17.0 Å². The lowest BCUT2D eigenvalue weighted by Crippen LogP contribution is -2.36. The largest absolute Gasteiger partial charge is 0.394 e. The fourth-order valence-corrected chi connectivity index (χ4v) is 3.64. The van der Waals surface area contributed by atoms with Gasteiger partial charge in [0.2, 0.25) is 0 Å². The van der Waals surface area contributed by atoms with E-state index >= 15 is 0 Å². The molecule has 1 aliphatic heterocycles. The number of pyridine rings is 1. The topological polar surface area (TPSA) is 86.5 Å². The summed E-state index contributed by atoms with van der Waals surface area (Å²) in [4.78, 5) is 14.9. The Balaban J connectivity index is 1.62. The van der Waals surface area contributed by atoms with Crippen LogP contribution in [0.5, 0.6) is 0 Å². The van der Waals surface area contributed by atoms with E-state index in [0.29, 0.717) is 12.3 Å². The van der Waals surface area contributed by atoms with Crippen molar-refractivity contribution >= 4 is 11.4 Å². The average molecular weight is 380 g/mol. The number of hydrogen-bond donors (Lipinski definition) is 1. The highest BCUT2D eigenvalue weighted by Gasteiger charge is 2.15. The van der Waals surface area contributed by atoms with Crippen LogP contribution in [0, 0.1) is 13.8 Å². The fraction of sp³-hybridized carbons (Fsp3) is 0.333. The Hall–Kier alpha value is -3.06. The molecule has 1 aliphatic rings. The second-order valence-electron chi connectivity index (χ2n) is 7.08. The third-order valence-corrected chi connectivity index (χ3v) is 5.10. The van der Waals surface area contributed by atoms with E-state index in [0.717, 1.165) is 48.7 Å². The molecule has 1 aromatic carbocycles. The van der Waals surface area contributed by atoms with Crippen molar-refractivity contribution in [3.8, 4) is 11.1 Å². The van der Waals surface area contributed by atoms with Crippen LogP contribution in [-0.4, -0.2) is 36.0 Å². The van der Waals surface area contributed by atoms with Gasteiger partial charge in [0.25, 0.3) is 5.56 Å². The zero-order valence-electron chi connectivity index (χ0n) is 16.1. The van der Waals surface area contributed by atoms with Gasteiger partial charge in [-0.3, -0.25) is 4.79 Å². The van der Waals surface area contributed by atoms with Crippen LogP contribution in [0.4, 0.5) is 11.4 Å². The molecular weight excluding hydrogens is 356 g/mol. The lowest BCUT2D eigenvalue weighted by atomic mass is 10.1. The van der Waals surface area contributed by atoms with E-state index in [-0.39, 0.29) is 11.2 Å². The SMILES string of the molecule is Cc1noc(C)c1-c1cc(N)c(=O)n(Cc2ccc(N3CCOCC3)cc2)c1. The van der Waals surface area contributed by atoms with E-state index in [1.165, 1.54) is 5.69 Å². The molecule has 0 radical (unpaired) electrons. The molecule has 3 aromatic rings. The molecule has 7 nitrogen and oxygen atoms in total. The van der Waals surface area contributed by atoms with Gasteiger partial charge < -0.3 is 24.5 Å². The van der Waals surface area contributed by atoms with Crippen LogP contribution in [-0.2, 0) is 11.3 Å². The number of nitrogens with two attached hydrogens (primary N) is 1. The van der Waals surface area contributed by atoms with Crippen molar-refractivity contribution in [2.24, 2.45) is 0 Å². The molecule has 0 saturated carbocycles. The molecule has 0 spiro atoms. The Labute approximate surface area is 163 Å². The van der Waals surface area contributed by atoms with Gasteiger partial charge in [-0.25, -0.2) is 0 Å². The molecule has 2 N–H and O–H groups in total. The van der Waals surface area contributed by atoms with Crippen LogP contribution in [0.25, 0.3) is 11.1 Å². The summed E-state index contributed by atoms with van der Waals surface area (Å²) in [6.45, 7) is 7.48. The maximum Gasteiger partial charge on any atom is 0.274 e. The monoisotopic (exact) mass is 380 g/mol. The number of morpholine rings is 1. The van der Waals surface area contributed by atoms with Crippen molar-refractivity contribution in [3.05, 3.63) is 63.9 Å². The Morgan fingerprint density at radius 3 is 2.50 bits per heavy atom. The second-order valence-corrected chi connectivity index (χ2v) is 7.08. The molecule has 0 unspecified atom stereocenters. The summed E-state index contributed by atoms with van der Waals surface area (Å²) in [7, 11) is 0. The van der Waals surface area contributed by atoms with Crippen molar-refractivity contribution in [1.29, 1.82) is 0 Å². The quantitative estimate of drug-likeness (QED) is 0.749. The van der Waals surface area contributed by atoms with Crippen LogP contribution < -0.4 is 16.2 Å². The minimum Gasteiger partial charge on any atom is -0.394 e. The lowest BCUT2D eigenvalue weighted by Gasteiger charge is -2.28. The molecule has 0 bridgehead atoms. The highest BCUT2D eigenvalue weighted by molar-refractivity contribution is 5.69. The first-order valence-electron chi connectivity index (χ1n) is 9.38. The van der Waals surface area contributed by atoms with Gasteiger partial charge in [-0.15, -0.1) is 0 Å². The third-order valence-electron chi connectivity index (χ3n) is 5.10. The number of aromatic nitrogens is 2. The zero-order valence-corrected chi connectivity index (χ0v) is 16.1. The van der Waals surface area contributed by atoms with Crippen LogP contribution in [0.2, 0.25) is 0 Å². The van der Waals surface area contributed by atoms with Gasteiger partial charge in [-0.05, 0) is 37.6 Å². The van der Waals surface area contributed by atoms with Gasteiger partial charge in [-0.1, -0.05) is 17.3 Å². The van der Waals surface area contributed by atoms with Crippen molar-refractivity contribution < 1.29 is 9.26 Å². The molecule has 2 aromatic heterocycles. The maximum absolute atomic E-state index is 12.6. The van der Waals surface area contributed by atoms with E-state index in [4.69, 9.17) is 15.0 Å². The first kappa shape index (κ1) is 18.3. The molecule has 1 fully saturated rings. The number of aryl methyl sites for hydroxylation is 2. The van der Waals surface area contributed by atoms with E-state index in [1.54, 1.807) is 10.6 Å². The van der Waals surface area contributed by atoms with E-state index in [9.17, 15) is 4.79 Å². The van der Waals surface area contributed by atoms with Crippen molar-refractivity contribution in [3.63, 3.8) is 0 Å². The number of benzene rings is 1. The lowest BCUT2D eigenvalue weighted by molar-refractivity contribution is 0.122. The Bertz CT molecular complexity index is 1010. The molecule has 7 heteroatoms. The molecular formula is C21H24N4O3.